The zero-order valence-corrected chi connectivity index (χ0v) is 13.7. The number of nitrogens with zero attached hydrogens (tertiary/aromatic N) is 3. The van der Waals surface area contributed by atoms with Gasteiger partial charge in [-0.25, -0.2) is 14.8 Å². The summed E-state index contributed by atoms with van der Waals surface area (Å²) in [6.07, 6.45) is 4.90. The van der Waals surface area contributed by atoms with Crippen molar-refractivity contribution in [3.05, 3.63) is 29.3 Å². The molecule has 1 saturated heterocycles. The molecule has 0 radical (unpaired) electrons. The second kappa shape index (κ2) is 6.97. The number of imidazole rings is 1. The number of aromatic amines is 1. The maximum Gasteiger partial charge on any atom is 0.347 e. The molecular formula is C14H17N5O4S. The number of aromatic carboxylic acids is 1. The van der Waals surface area contributed by atoms with Crippen LogP contribution in [0.25, 0.3) is 0 Å². The Morgan fingerprint density at radius 1 is 1.50 bits per heavy atom. The number of amides is 1. The molecule has 3 N–H and O–H groups in total. The first kappa shape index (κ1) is 16.4. The van der Waals surface area contributed by atoms with E-state index in [-0.39, 0.29) is 28.8 Å². The fourth-order valence-electron chi connectivity index (χ4n) is 2.63. The number of methoxy groups -OCH3 is 1. The van der Waals surface area contributed by atoms with Crippen LogP contribution in [0.1, 0.15) is 26.7 Å². The Hall–Kier alpha value is -2.46. The molecule has 3 rings (SSSR count). The minimum absolute atomic E-state index is 0.150. The molecule has 24 heavy (non-hydrogen) atoms. The average Bonchev–Trinajstić information content (AvgIpc) is 3.26. The quantitative estimate of drug-likeness (QED) is 0.721. The Morgan fingerprint density at radius 2 is 2.33 bits per heavy atom. The highest BCUT2D eigenvalue weighted by Gasteiger charge is 2.32. The highest BCUT2D eigenvalue weighted by atomic mass is 32.1. The lowest BCUT2D eigenvalue weighted by Gasteiger charge is -2.37. The lowest BCUT2D eigenvalue weighted by Crippen LogP contribution is -2.55. The molecule has 0 bridgehead atoms. The molecule has 0 aromatic carbocycles. The summed E-state index contributed by atoms with van der Waals surface area (Å²) in [5.41, 5.74) is 0. The number of hydrogen-bond donors (Lipinski definition) is 3. The molecule has 1 fully saturated rings. The van der Waals surface area contributed by atoms with E-state index in [0.717, 1.165) is 11.3 Å². The number of carbonyl (C=O) groups excluding carboxylic acids is 1. The number of nitrogens with one attached hydrogen (secondary N) is 2. The summed E-state index contributed by atoms with van der Waals surface area (Å²) < 4.78 is 5.50. The normalized spacial score (nSPS) is 20.8. The Morgan fingerprint density at radius 3 is 2.96 bits per heavy atom. The standard InChI is InChI=1S/C14H17N5O4S/c1-23-9-7-19(14-17-6-10(24-14)13(21)22)5-2-8(9)18-12(20)11-15-3-4-16-11/h3-4,6,8-9H,2,5,7H2,1H3,(H,15,16)(H,18,20)(H,21,22)/t8-,9+/m1/s1. The van der Waals surface area contributed by atoms with Gasteiger partial charge in [-0.1, -0.05) is 11.3 Å². The van der Waals surface area contributed by atoms with E-state index in [2.05, 4.69) is 20.3 Å². The van der Waals surface area contributed by atoms with Crippen LogP contribution in [-0.2, 0) is 4.74 Å². The number of rotatable bonds is 5. The largest absolute Gasteiger partial charge is 0.477 e. The highest BCUT2D eigenvalue weighted by molar-refractivity contribution is 7.17. The average molecular weight is 351 g/mol. The van der Waals surface area contributed by atoms with Crippen molar-refractivity contribution >= 4 is 28.3 Å². The Bertz CT molecular complexity index is 717. The molecule has 10 heteroatoms. The van der Waals surface area contributed by atoms with E-state index in [1.807, 2.05) is 4.90 Å². The van der Waals surface area contributed by atoms with Gasteiger partial charge in [0.15, 0.2) is 11.0 Å². The van der Waals surface area contributed by atoms with E-state index in [4.69, 9.17) is 9.84 Å². The fraction of sp³-hybridized carbons (Fsp3) is 0.429. The van der Waals surface area contributed by atoms with Gasteiger partial charge >= 0.3 is 5.97 Å². The number of piperidine rings is 1. The van der Waals surface area contributed by atoms with Gasteiger partial charge in [0.1, 0.15) is 4.88 Å². The van der Waals surface area contributed by atoms with E-state index in [9.17, 15) is 9.59 Å². The van der Waals surface area contributed by atoms with Crippen LogP contribution >= 0.6 is 11.3 Å². The van der Waals surface area contributed by atoms with Gasteiger partial charge in [0.05, 0.1) is 18.3 Å². The lowest BCUT2D eigenvalue weighted by molar-refractivity contribution is 0.0538. The first-order valence-electron chi connectivity index (χ1n) is 7.35. The van der Waals surface area contributed by atoms with Crippen molar-refractivity contribution in [3.8, 4) is 0 Å². The Labute approximate surface area is 141 Å². The second-order valence-corrected chi connectivity index (χ2v) is 6.35. The molecule has 0 spiro atoms. The Kier molecular flexibility index (Phi) is 4.76. The molecule has 2 aromatic heterocycles. The summed E-state index contributed by atoms with van der Waals surface area (Å²) in [5, 5.41) is 12.6. The number of carboxylic acids is 1. The third-order valence-electron chi connectivity index (χ3n) is 3.87. The number of carboxylic acid groups (broad SMARTS) is 1. The third-order valence-corrected chi connectivity index (χ3v) is 4.91. The van der Waals surface area contributed by atoms with E-state index in [0.29, 0.717) is 24.6 Å². The van der Waals surface area contributed by atoms with E-state index in [1.54, 1.807) is 13.3 Å². The lowest BCUT2D eigenvalue weighted by atomic mass is 10.0. The van der Waals surface area contributed by atoms with Crippen LogP contribution in [0, 0.1) is 0 Å². The number of H-pyrrole nitrogens is 1. The summed E-state index contributed by atoms with van der Waals surface area (Å²) >= 11 is 1.13. The smallest absolute Gasteiger partial charge is 0.347 e. The van der Waals surface area contributed by atoms with Crippen molar-refractivity contribution < 1.29 is 19.4 Å². The number of ether oxygens (including phenoxy) is 1. The van der Waals surface area contributed by atoms with Crippen molar-refractivity contribution in [2.24, 2.45) is 0 Å². The van der Waals surface area contributed by atoms with Crippen LogP contribution in [0.2, 0.25) is 0 Å². The SMILES string of the molecule is CO[C@H]1CN(c2ncc(C(=O)O)s2)CC[C@H]1NC(=O)c1ncc[nH]1. The minimum atomic E-state index is -0.984. The zero-order chi connectivity index (χ0) is 17.1. The van der Waals surface area contributed by atoms with Gasteiger partial charge in [0, 0.05) is 32.6 Å². The number of hydrogen-bond acceptors (Lipinski definition) is 7. The zero-order valence-electron chi connectivity index (χ0n) is 12.9. The monoisotopic (exact) mass is 351 g/mol. The molecular weight excluding hydrogens is 334 g/mol. The van der Waals surface area contributed by atoms with Crippen LogP contribution in [0.4, 0.5) is 5.13 Å². The van der Waals surface area contributed by atoms with Gasteiger partial charge in [-0.15, -0.1) is 0 Å². The summed E-state index contributed by atoms with van der Waals surface area (Å²) in [7, 11) is 1.59. The maximum absolute atomic E-state index is 12.1. The molecule has 1 aliphatic rings. The number of aromatic nitrogens is 3. The van der Waals surface area contributed by atoms with Gasteiger partial charge in [-0.3, -0.25) is 4.79 Å². The first-order chi connectivity index (χ1) is 11.6. The predicted molar refractivity (Wildman–Crippen MR) is 86.5 cm³/mol. The molecule has 128 valence electrons. The molecule has 0 aliphatic carbocycles. The van der Waals surface area contributed by atoms with Gasteiger partial charge in [-0.05, 0) is 6.42 Å². The van der Waals surface area contributed by atoms with Crippen molar-refractivity contribution in [1.82, 2.24) is 20.3 Å². The van der Waals surface area contributed by atoms with Gasteiger partial charge in [0.2, 0.25) is 0 Å². The van der Waals surface area contributed by atoms with Gasteiger partial charge in [0.25, 0.3) is 5.91 Å². The molecule has 3 heterocycles. The molecule has 9 nitrogen and oxygen atoms in total. The topological polar surface area (TPSA) is 120 Å². The molecule has 2 aromatic rings. The van der Waals surface area contributed by atoms with Crippen LogP contribution in [0.3, 0.4) is 0 Å². The second-order valence-electron chi connectivity index (χ2n) is 5.34. The van der Waals surface area contributed by atoms with Crippen LogP contribution < -0.4 is 10.2 Å². The Balaban J connectivity index is 1.65. The molecule has 1 amide bonds. The minimum Gasteiger partial charge on any atom is -0.477 e. The number of anilines is 1. The maximum atomic E-state index is 12.1. The summed E-state index contributed by atoms with van der Waals surface area (Å²) in [6.45, 7) is 1.17. The van der Waals surface area contributed by atoms with E-state index < -0.39 is 5.97 Å². The molecule has 2 atom stereocenters. The van der Waals surface area contributed by atoms with Gasteiger partial charge < -0.3 is 25.0 Å². The fourth-order valence-corrected chi connectivity index (χ4v) is 3.42. The molecule has 0 unspecified atom stereocenters. The number of thiazole rings is 1. The van der Waals surface area contributed by atoms with Crippen molar-refractivity contribution in [3.63, 3.8) is 0 Å². The summed E-state index contributed by atoms with van der Waals surface area (Å²) in [6, 6.07) is -0.150. The first-order valence-corrected chi connectivity index (χ1v) is 8.17. The van der Waals surface area contributed by atoms with Crippen LogP contribution in [0.5, 0.6) is 0 Å². The van der Waals surface area contributed by atoms with Crippen molar-refractivity contribution in [2.75, 3.05) is 25.1 Å². The van der Waals surface area contributed by atoms with Crippen LogP contribution in [-0.4, -0.2) is 64.3 Å². The summed E-state index contributed by atoms with van der Waals surface area (Å²) in [4.78, 5) is 36.1. The molecule has 1 aliphatic heterocycles. The van der Waals surface area contributed by atoms with E-state index >= 15 is 0 Å². The van der Waals surface area contributed by atoms with Gasteiger partial charge in [-0.2, -0.15) is 0 Å². The number of carbonyl (C=O) groups is 2. The summed E-state index contributed by atoms with van der Waals surface area (Å²) in [5.74, 6) is -0.996. The van der Waals surface area contributed by atoms with Crippen LogP contribution in [0.15, 0.2) is 18.6 Å². The molecule has 0 saturated carbocycles. The van der Waals surface area contributed by atoms with Crippen molar-refractivity contribution in [2.45, 2.75) is 18.6 Å². The third kappa shape index (κ3) is 3.39. The van der Waals surface area contributed by atoms with E-state index in [1.165, 1.54) is 12.4 Å². The predicted octanol–water partition coefficient (Wildman–Crippen LogP) is 0.588. The van der Waals surface area contributed by atoms with Crippen molar-refractivity contribution in [1.29, 1.82) is 0 Å². The highest BCUT2D eigenvalue weighted by Crippen LogP contribution is 2.26.